The van der Waals surface area contributed by atoms with Gasteiger partial charge in [0.05, 0.1) is 34.4 Å². The predicted molar refractivity (Wildman–Crippen MR) is 121 cm³/mol. The van der Waals surface area contributed by atoms with E-state index in [2.05, 4.69) is 15.5 Å². The van der Waals surface area contributed by atoms with Gasteiger partial charge in [-0.25, -0.2) is 0 Å². The van der Waals surface area contributed by atoms with Gasteiger partial charge in [0, 0.05) is 24.2 Å². The zero-order valence-corrected chi connectivity index (χ0v) is 19.2. The summed E-state index contributed by atoms with van der Waals surface area (Å²) >= 11 is 0. The molecule has 1 atom stereocenters. The first-order chi connectivity index (χ1) is 16.5. The van der Waals surface area contributed by atoms with Crippen LogP contribution >= 0.6 is 0 Å². The molecule has 0 aliphatic carbocycles. The highest BCUT2D eigenvalue weighted by Crippen LogP contribution is 2.38. The van der Waals surface area contributed by atoms with Gasteiger partial charge in [-0.1, -0.05) is 5.10 Å². The Morgan fingerprint density at radius 1 is 1.00 bits per heavy atom. The van der Waals surface area contributed by atoms with Gasteiger partial charge in [0.2, 0.25) is 17.5 Å². The molecule has 178 valence electrons. The number of methoxy groups -OCH3 is 4. The van der Waals surface area contributed by atoms with Crippen LogP contribution in [0.25, 0.3) is 0 Å². The molecule has 1 N–H and O–H groups in total. The summed E-state index contributed by atoms with van der Waals surface area (Å²) in [5, 5.41) is 10.5. The van der Waals surface area contributed by atoms with E-state index in [1.165, 1.54) is 33.5 Å². The number of hydrogen-bond donors (Lipinski definition) is 1. The summed E-state index contributed by atoms with van der Waals surface area (Å²) in [7, 11) is 5.98. The zero-order chi connectivity index (χ0) is 24.2. The predicted octanol–water partition coefficient (Wildman–Crippen LogP) is 2.88. The maximum atomic E-state index is 12.8. The molecule has 1 aromatic heterocycles. The highest BCUT2D eigenvalue weighted by molar-refractivity contribution is 6.04. The largest absolute Gasteiger partial charge is 0.497 e. The summed E-state index contributed by atoms with van der Waals surface area (Å²) < 4.78 is 26.6. The molecule has 11 heteroatoms. The molecule has 1 fully saturated rings. The van der Waals surface area contributed by atoms with E-state index in [-0.39, 0.29) is 35.7 Å². The number of benzene rings is 2. The van der Waals surface area contributed by atoms with E-state index in [1.807, 2.05) is 12.1 Å². The molecular weight excluding hydrogens is 444 g/mol. The first kappa shape index (κ1) is 22.9. The lowest BCUT2D eigenvalue weighted by Crippen LogP contribution is -2.24. The van der Waals surface area contributed by atoms with Crippen LogP contribution < -0.4 is 29.2 Å². The molecule has 0 bridgehead atoms. The van der Waals surface area contributed by atoms with E-state index in [9.17, 15) is 9.59 Å². The van der Waals surface area contributed by atoms with Crippen molar-refractivity contribution in [3.05, 3.63) is 47.9 Å². The molecule has 3 aromatic rings. The molecule has 34 heavy (non-hydrogen) atoms. The second-order valence-electron chi connectivity index (χ2n) is 7.42. The number of amides is 2. The number of nitrogens with zero attached hydrogens (tertiary/aromatic N) is 3. The number of anilines is 2. The first-order valence-electron chi connectivity index (χ1n) is 10.4. The fourth-order valence-electron chi connectivity index (χ4n) is 3.72. The zero-order valence-electron chi connectivity index (χ0n) is 19.2. The monoisotopic (exact) mass is 468 g/mol. The summed E-state index contributed by atoms with van der Waals surface area (Å²) in [4.78, 5) is 27.0. The molecule has 1 unspecified atom stereocenters. The maximum Gasteiger partial charge on any atom is 0.322 e. The number of ether oxygens (including phenoxy) is 4. The average Bonchev–Trinajstić information content (AvgIpc) is 3.49. The molecule has 1 aliphatic heterocycles. The second kappa shape index (κ2) is 9.69. The lowest BCUT2D eigenvalue weighted by molar-refractivity contribution is -0.117. The Morgan fingerprint density at radius 3 is 2.26 bits per heavy atom. The van der Waals surface area contributed by atoms with Crippen LogP contribution in [-0.4, -0.2) is 57.0 Å². The summed E-state index contributed by atoms with van der Waals surface area (Å²) in [6, 6.07) is 10.2. The van der Waals surface area contributed by atoms with E-state index >= 15 is 0 Å². The minimum absolute atomic E-state index is 0.0589. The van der Waals surface area contributed by atoms with E-state index < -0.39 is 5.91 Å². The molecule has 0 spiro atoms. The lowest BCUT2D eigenvalue weighted by atomic mass is 10.1. The van der Waals surface area contributed by atoms with E-state index in [0.717, 1.165) is 5.69 Å². The van der Waals surface area contributed by atoms with Gasteiger partial charge in [-0.15, -0.1) is 5.10 Å². The maximum absolute atomic E-state index is 12.8. The third-order valence-electron chi connectivity index (χ3n) is 5.45. The van der Waals surface area contributed by atoms with E-state index in [4.69, 9.17) is 23.4 Å². The molecule has 0 radical (unpaired) electrons. The van der Waals surface area contributed by atoms with Crippen molar-refractivity contribution in [3.63, 3.8) is 0 Å². The number of rotatable bonds is 8. The number of aromatic nitrogens is 2. The second-order valence-corrected chi connectivity index (χ2v) is 7.42. The van der Waals surface area contributed by atoms with Gasteiger partial charge in [0.15, 0.2) is 11.5 Å². The summed E-state index contributed by atoms with van der Waals surface area (Å²) in [6.45, 7) is 0.383. The van der Waals surface area contributed by atoms with Crippen molar-refractivity contribution in [1.82, 2.24) is 10.2 Å². The molecule has 1 saturated heterocycles. The van der Waals surface area contributed by atoms with Gasteiger partial charge in [0.1, 0.15) is 5.75 Å². The minimum atomic E-state index is -0.503. The van der Waals surface area contributed by atoms with Crippen molar-refractivity contribution in [2.45, 2.75) is 12.3 Å². The Morgan fingerprint density at radius 2 is 1.68 bits per heavy atom. The Bertz CT molecular complexity index is 1170. The van der Waals surface area contributed by atoms with Crippen LogP contribution in [0.3, 0.4) is 0 Å². The average molecular weight is 468 g/mol. The summed E-state index contributed by atoms with van der Waals surface area (Å²) in [5.74, 6) is 1.15. The van der Waals surface area contributed by atoms with Crippen molar-refractivity contribution in [2.24, 2.45) is 0 Å². The van der Waals surface area contributed by atoms with Gasteiger partial charge in [-0.05, 0) is 36.4 Å². The molecule has 0 saturated carbocycles. The van der Waals surface area contributed by atoms with Crippen LogP contribution in [0.4, 0.5) is 11.7 Å². The van der Waals surface area contributed by atoms with Crippen LogP contribution in [-0.2, 0) is 4.79 Å². The normalized spacial score (nSPS) is 15.2. The molecular formula is C23H24N4O7. The third kappa shape index (κ3) is 4.45. The molecule has 1 aliphatic rings. The highest BCUT2D eigenvalue weighted by Gasteiger charge is 2.35. The lowest BCUT2D eigenvalue weighted by Gasteiger charge is -2.16. The van der Waals surface area contributed by atoms with Crippen molar-refractivity contribution in [1.29, 1.82) is 0 Å². The van der Waals surface area contributed by atoms with E-state index in [0.29, 0.717) is 29.5 Å². The Balaban J connectivity index is 1.46. The molecule has 11 nitrogen and oxygen atoms in total. The fourth-order valence-corrected chi connectivity index (χ4v) is 3.72. The van der Waals surface area contributed by atoms with Crippen LogP contribution in [0.2, 0.25) is 0 Å². The van der Waals surface area contributed by atoms with Crippen LogP contribution in [0.5, 0.6) is 23.0 Å². The SMILES string of the molecule is COc1ccc(N2CC(c3nnc(NC(=O)c4cc(OC)c(OC)c(OC)c4)o3)CC2=O)cc1. The molecule has 2 amide bonds. The number of carbonyl (C=O) groups is 2. The molecule has 4 rings (SSSR count). The Labute approximate surface area is 195 Å². The molecule has 2 aromatic carbocycles. The van der Waals surface area contributed by atoms with Gasteiger partial charge >= 0.3 is 6.01 Å². The fraction of sp³-hybridized carbons (Fsp3) is 0.304. The summed E-state index contributed by atoms with van der Waals surface area (Å²) in [5.41, 5.74) is 1.000. The van der Waals surface area contributed by atoms with Gasteiger partial charge in [-0.2, -0.15) is 0 Å². The van der Waals surface area contributed by atoms with Crippen molar-refractivity contribution >= 4 is 23.5 Å². The van der Waals surface area contributed by atoms with Gasteiger partial charge in [0.25, 0.3) is 5.91 Å². The number of carbonyl (C=O) groups excluding carboxylic acids is 2. The van der Waals surface area contributed by atoms with Crippen molar-refractivity contribution in [3.8, 4) is 23.0 Å². The van der Waals surface area contributed by atoms with Crippen molar-refractivity contribution < 1.29 is 33.0 Å². The number of nitrogens with one attached hydrogen (secondary N) is 1. The van der Waals surface area contributed by atoms with Crippen LogP contribution in [0.1, 0.15) is 28.6 Å². The highest BCUT2D eigenvalue weighted by atomic mass is 16.5. The quantitative estimate of drug-likeness (QED) is 0.531. The van der Waals surface area contributed by atoms with Gasteiger partial charge < -0.3 is 28.3 Å². The smallest absolute Gasteiger partial charge is 0.322 e. The topological polar surface area (TPSA) is 125 Å². The van der Waals surface area contributed by atoms with Crippen molar-refractivity contribution in [2.75, 3.05) is 45.2 Å². The minimum Gasteiger partial charge on any atom is -0.497 e. The third-order valence-corrected chi connectivity index (χ3v) is 5.45. The van der Waals surface area contributed by atoms with Crippen LogP contribution in [0, 0.1) is 0 Å². The Hall–Kier alpha value is -4.28. The number of hydrogen-bond acceptors (Lipinski definition) is 9. The molecule has 2 heterocycles. The van der Waals surface area contributed by atoms with Crippen LogP contribution in [0.15, 0.2) is 40.8 Å². The van der Waals surface area contributed by atoms with E-state index in [1.54, 1.807) is 24.1 Å². The van der Waals surface area contributed by atoms with Gasteiger partial charge in [-0.3, -0.25) is 14.9 Å². The summed E-state index contributed by atoms with van der Waals surface area (Å²) in [6.07, 6.45) is 0.217. The Kier molecular flexibility index (Phi) is 6.53. The standard InChI is InChI=1S/C23H24N4O7/c1-30-16-7-5-15(6-8-16)27-12-14(11-19(27)28)22-25-26-23(34-22)24-21(29)13-9-17(31-2)20(33-4)18(10-13)32-3/h5-10,14H,11-12H2,1-4H3,(H,24,26,29). The first-order valence-corrected chi connectivity index (χ1v) is 10.4.